The van der Waals surface area contributed by atoms with E-state index in [1.807, 2.05) is 0 Å². The molecule has 21 heavy (non-hydrogen) atoms. The second-order valence-electron chi connectivity index (χ2n) is 5.73. The van der Waals surface area contributed by atoms with Crippen molar-refractivity contribution in [2.45, 2.75) is 25.3 Å². The van der Waals surface area contributed by atoms with Gasteiger partial charge in [0, 0.05) is 12.1 Å². The minimum atomic E-state index is -0.884. The molecule has 0 radical (unpaired) electrons. The number of carboxylic acids is 1. The van der Waals surface area contributed by atoms with Gasteiger partial charge in [0.2, 0.25) is 0 Å². The molecule has 1 aromatic heterocycles. The lowest BCUT2D eigenvalue weighted by Crippen LogP contribution is -2.46. The van der Waals surface area contributed by atoms with Gasteiger partial charge in [0.1, 0.15) is 5.69 Å². The molecule has 3 rings (SSSR count). The predicted molar refractivity (Wildman–Crippen MR) is 70.7 cm³/mol. The van der Waals surface area contributed by atoms with Crippen LogP contribution >= 0.6 is 0 Å². The molecule has 2 aliphatic rings. The van der Waals surface area contributed by atoms with Crippen molar-refractivity contribution < 1.29 is 19.6 Å². The van der Waals surface area contributed by atoms with Gasteiger partial charge >= 0.3 is 5.97 Å². The summed E-state index contributed by atoms with van der Waals surface area (Å²) in [5, 5.41) is 22.7. The number of nitrogens with zero attached hydrogens (tertiary/aromatic N) is 1. The van der Waals surface area contributed by atoms with Crippen molar-refractivity contribution in [3.63, 3.8) is 0 Å². The highest BCUT2D eigenvalue weighted by Gasteiger charge is 2.51. The Bertz CT molecular complexity index is 611. The van der Waals surface area contributed by atoms with Gasteiger partial charge in [0.15, 0.2) is 0 Å². The number of aromatic nitrogens is 1. The third-order valence-corrected chi connectivity index (χ3v) is 4.62. The van der Waals surface area contributed by atoms with E-state index in [1.54, 1.807) is 0 Å². The normalized spacial score (nSPS) is 30.3. The fraction of sp³-hybridized carbons (Fsp3) is 0.538. The second-order valence-corrected chi connectivity index (χ2v) is 5.73. The molecule has 1 amide bonds. The molecule has 2 bridgehead atoms. The van der Waals surface area contributed by atoms with Gasteiger partial charge in [0.25, 0.3) is 11.6 Å². The predicted octanol–water partition coefficient (Wildman–Crippen LogP) is 1.15. The summed E-state index contributed by atoms with van der Waals surface area (Å²) in [4.78, 5) is 36.0. The van der Waals surface area contributed by atoms with E-state index in [1.165, 1.54) is 0 Å². The second kappa shape index (κ2) is 4.87. The Hall–Kier alpha value is -2.38. The first-order valence-electron chi connectivity index (χ1n) is 6.84. The van der Waals surface area contributed by atoms with Crippen LogP contribution in [0.2, 0.25) is 0 Å². The summed E-state index contributed by atoms with van der Waals surface area (Å²) < 4.78 is 0. The van der Waals surface area contributed by atoms with Crippen LogP contribution in [0.25, 0.3) is 0 Å². The number of aromatic amines is 1. The quantitative estimate of drug-likeness (QED) is 0.567. The van der Waals surface area contributed by atoms with E-state index in [4.69, 9.17) is 0 Å². The van der Waals surface area contributed by atoms with Gasteiger partial charge in [-0.25, -0.2) is 0 Å². The number of hydrogen-bond donors (Lipinski definition) is 3. The average Bonchev–Trinajstić information content (AvgIpc) is 3.13. The molecule has 0 aliphatic heterocycles. The van der Waals surface area contributed by atoms with Crippen LogP contribution in [-0.2, 0) is 4.79 Å². The zero-order valence-corrected chi connectivity index (χ0v) is 11.1. The molecule has 112 valence electrons. The molecule has 0 saturated heterocycles. The van der Waals surface area contributed by atoms with E-state index >= 15 is 0 Å². The van der Waals surface area contributed by atoms with Gasteiger partial charge in [-0.15, -0.1) is 0 Å². The molecule has 8 heteroatoms. The Morgan fingerprint density at radius 3 is 2.71 bits per heavy atom. The Kier molecular flexibility index (Phi) is 3.15. The lowest BCUT2D eigenvalue weighted by molar-refractivity contribution is -0.384. The summed E-state index contributed by atoms with van der Waals surface area (Å²) in [5.41, 5.74) is -0.114. The maximum Gasteiger partial charge on any atom is 0.308 e. The minimum absolute atomic E-state index is 0.0774. The lowest BCUT2D eigenvalue weighted by atomic mass is 9.84. The molecular formula is C13H15N3O5. The van der Waals surface area contributed by atoms with Crippen LogP contribution in [0.4, 0.5) is 5.69 Å². The molecule has 0 spiro atoms. The van der Waals surface area contributed by atoms with E-state index in [2.05, 4.69) is 10.3 Å². The van der Waals surface area contributed by atoms with Crippen molar-refractivity contribution in [2.75, 3.05) is 0 Å². The number of hydrogen-bond acceptors (Lipinski definition) is 4. The van der Waals surface area contributed by atoms with E-state index in [-0.39, 0.29) is 23.2 Å². The summed E-state index contributed by atoms with van der Waals surface area (Å²) in [7, 11) is 0. The first kappa shape index (κ1) is 13.6. The average molecular weight is 293 g/mol. The summed E-state index contributed by atoms with van der Waals surface area (Å²) in [6, 6.07) is 0.759. The molecule has 0 aromatic carbocycles. The van der Waals surface area contributed by atoms with Gasteiger partial charge in [-0.3, -0.25) is 19.7 Å². The van der Waals surface area contributed by atoms with Crippen molar-refractivity contribution >= 4 is 17.6 Å². The molecule has 2 aliphatic carbocycles. The van der Waals surface area contributed by atoms with Crippen LogP contribution in [0.1, 0.15) is 29.8 Å². The number of nitro groups is 1. The number of aliphatic carboxylic acids is 1. The maximum atomic E-state index is 12.1. The van der Waals surface area contributed by atoms with Gasteiger partial charge in [-0.1, -0.05) is 0 Å². The molecular weight excluding hydrogens is 278 g/mol. The van der Waals surface area contributed by atoms with Crippen LogP contribution in [0.3, 0.4) is 0 Å². The number of carboxylic acid groups (broad SMARTS) is 1. The van der Waals surface area contributed by atoms with Crippen LogP contribution in [0.5, 0.6) is 0 Å². The van der Waals surface area contributed by atoms with Gasteiger partial charge < -0.3 is 15.4 Å². The molecule has 1 aromatic rings. The monoisotopic (exact) mass is 293 g/mol. The summed E-state index contributed by atoms with van der Waals surface area (Å²) in [6.45, 7) is 0. The summed E-state index contributed by atoms with van der Waals surface area (Å²) in [6.07, 6.45) is 3.78. The largest absolute Gasteiger partial charge is 0.481 e. The first-order chi connectivity index (χ1) is 9.97. The van der Waals surface area contributed by atoms with E-state index in [9.17, 15) is 24.8 Å². The molecule has 4 unspecified atom stereocenters. The lowest BCUT2D eigenvalue weighted by Gasteiger charge is -2.28. The van der Waals surface area contributed by atoms with Crippen molar-refractivity contribution in [3.05, 3.63) is 28.1 Å². The summed E-state index contributed by atoms with van der Waals surface area (Å²) >= 11 is 0. The third-order valence-electron chi connectivity index (χ3n) is 4.62. The molecule has 8 nitrogen and oxygen atoms in total. The summed E-state index contributed by atoms with van der Waals surface area (Å²) in [5.74, 6) is -1.63. The Balaban J connectivity index is 1.74. The SMILES string of the molecule is O=C(NC1C2CCC(C2)C1C(=O)O)c1cc([N+](=O)[O-])c[nH]1. The smallest absolute Gasteiger partial charge is 0.308 e. The molecule has 3 N–H and O–H groups in total. The van der Waals surface area contributed by atoms with Crippen LogP contribution in [0, 0.1) is 27.9 Å². The zero-order valence-electron chi connectivity index (χ0n) is 11.1. The van der Waals surface area contributed by atoms with E-state index < -0.39 is 28.8 Å². The Morgan fingerprint density at radius 2 is 2.10 bits per heavy atom. The highest BCUT2D eigenvalue weighted by atomic mass is 16.6. The van der Waals surface area contributed by atoms with E-state index in [0.717, 1.165) is 31.5 Å². The number of nitrogens with one attached hydrogen (secondary N) is 2. The number of fused-ring (bicyclic) bond motifs is 2. The molecule has 2 fully saturated rings. The van der Waals surface area contributed by atoms with Crippen molar-refractivity contribution in [2.24, 2.45) is 17.8 Å². The Morgan fingerprint density at radius 1 is 1.38 bits per heavy atom. The molecule has 1 heterocycles. The van der Waals surface area contributed by atoms with Gasteiger partial charge in [0.05, 0.1) is 17.0 Å². The number of amides is 1. The van der Waals surface area contributed by atoms with Gasteiger partial charge in [-0.05, 0) is 31.1 Å². The van der Waals surface area contributed by atoms with Crippen LogP contribution in [-0.4, -0.2) is 32.9 Å². The number of rotatable bonds is 4. The zero-order chi connectivity index (χ0) is 15.1. The third kappa shape index (κ3) is 2.26. The number of H-pyrrole nitrogens is 1. The fourth-order valence-electron chi connectivity index (χ4n) is 3.70. The van der Waals surface area contributed by atoms with Crippen molar-refractivity contribution in [1.29, 1.82) is 0 Å². The first-order valence-corrected chi connectivity index (χ1v) is 6.84. The van der Waals surface area contributed by atoms with Crippen LogP contribution < -0.4 is 5.32 Å². The molecule has 2 saturated carbocycles. The highest BCUT2D eigenvalue weighted by molar-refractivity contribution is 5.93. The number of carbonyl (C=O) groups is 2. The van der Waals surface area contributed by atoms with E-state index in [0.29, 0.717) is 0 Å². The standard InChI is InChI=1S/C13H15N3O5/c17-12(9-4-8(5-14-9)16(20)21)15-11-7-2-1-6(3-7)10(11)13(18)19/h4-7,10-11,14H,1-3H2,(H,15,17)(H,18,19). The molecule has 4 atom stereocenters. The fourth-order valence-corrected chi connectivity index (χ4v) is 3.70. The topological polar surface area (TPSA) is 125 Å². The maximum absolute atomic E-state index is 12.1. The van der Waals surface area contributed by atoms with Crippen molar-refractivity contribution in [1.82, 2.24) is 10.3 Å². The van der Waals surface area contributed by atoms with Crippen LogP contribution in [0.15, 0.2) is 12.3 Å². The highest BCUT2D eigenvalue weighted by Crippen LogP contribution is 2.48. The Labute approximate surface area is 119 Å². The van der Waals surface area contributed by atoms with Crippen molar-refractivity contribution in [3.8, 4) is 0 Å². The van der Waals surface area contributed by atoms with Gasteiger partial charge in [-0.2, -0.15) is 0 Å². The number of carbonyl (C=O) groups excluding carboxylic acids is 1. The minimum Gasteiger partial charge on any atom is -0.481 e.